The summed E-state index contributed by atoms with van der Waals surface area (Å²) in [6.45, 7) is 6.45. The van der Waals surface area contributed by atoms with Crippen molar-refractivity contribution in [3.8, 4) is 0 Å². The second kappa shape index (κ2) is 7.75. The van der Waals surface area contributed by atoms with E-state index < -0.39 is 11.6 Å². The zero-order chi connectivity index (χ0) is 23.4. The molecule has 5 rings (SSSR count). The number of rotatable bonds is 3. The lowest BCUT2D eigenvalue weighted by Crippen LogP contribution is -2.45. The number of fused-ring (bicyclic) bond motifs is 3. The topological polar surface area (TPSA) is 118 Å². The number of nitrogens with one attached hydrogen (secondary N) is 1. The van der Waals surface area contributed by atoms with Gasteiger partial charge in [0, 0.05) is 30.3 Å². The van der Waals surface area contributed by atoms with E-state index in [9.17, 15) is 13.6 Å². The predicted octanol–water partition coefficient (Wildman–Crippen LogP) is 3.39. The van der Waals surface area contributed by atoms with Crippen LogP contribution in [0.3, 0.4) is 0 Å². The van der Waals surface area contributed by atoms with E-state index in [-0.39, 0.29) is 46.3 Å². The van der Waals surface area contributed by atoms with E-state index >= 15 is 0 Å². The fourth-order valence-corrected chi connectivity index (χ4v) is 4.34. The maximum Gasteiger partial charge on any atom is 0.274 e. The third-order valence-electron chi connectivity index (χ3n) is 6.28. The summed E-state index contributed by atoms with van der Waals surface area (Å²) in [5, 5.41) is 11.8. The number of piperidine rings is 1. The van der Waals surface area contributed by atoms with Crippen LogP contribution in [0.4, 0.5) is 14.7 Å². The Morgan fingerprint density at radius 1 is 1.21 bits per heavy atom. The van der Waals surface area contributed by atoms with Gasteiger partial charge in [-0.1, -0.05) is 13.8 Å². The molecule has 0 spiro atoms. The monoisotopic (exact) mass is 454 g/mol. The Labute approximate surface area is 188 Å². The molecular weight excluding hydrogens is 430 g/mol. The van der Waals surface area contributed by atoms with E-state index in [1.807, 2.05) is 20.8 Å². The van der Waals surface area contributed by atoms with Crippen LogP contribution >= 0.6 is 0 Å². The number of halogens is 2. The molecule has 3 N–H and O–H groups in total. The van der Waals surface area contributed by atoms with Crippen LogP contribution in [0.1, 0.15) is 67.5 Å². The van der Waals surface area contributed by atoms with Crippen LogP contribution in [0.2, 0.25) is 0 Å². The second-order valence-corrected chi connectivity index (χ2v) is 8.90. The highest BCUT2D eigenvalue weighted by Gasteiger charge is 2.33. The summed E-state index contributed by atoms with van der Waals surface area (Å²) in [6.07, 6.45) is 1.51. The number of H-pyrrole nitrogens is 1. The number of aromatic amines is 1. The third-order valence-corrected chi connectivity index (χ3v) is 6.28. The first-order chi connectivity index (χ1) is 15.7. The van der Waals surface area contributed by atoms with Gasteiger partial charge in [-0.15, -0.1) is 5.10 Å². The Kier molecular flexibility index (Phi) is 4.98. The zero-order valence-electron chi connectivity index (χ0n) is 18.5. The Hall–Kier alpha value is -3.63. The summed E-state index contributed by atoms with van der Waals surface area (Å²) in [6, 6.07) is 3.74. The van der Waals surface area contributed by atoms with E-state index in [1.54, 1.807) is 11.0 Å². The molecule has 172 valence electrons. The van der Waals surface area contributed by atoms with Crippen molar-refractivity contribution in [2.45, 2.75) is 51.5 Å². The Bertz CT molecular complexity index is 1380. The van der Waals surface area contributed by atoms with E-state index in [0.717, 1.165) is 24.6 Å². The van der Waals surface area contributed by atoms with E-state index in [2.05, 4.69) is 25.3 Å². The van der Waals surface area contributed by atoms with Crippen LogP contribution in [0.5, 0.6) is 0 Å². The first-order valence-corrected chi connectivity index (χ1v) is 10.9. The van der Waals surface area contributed by atoms with Gasteiger partial charge in [-0.2, -0.15) is 9.61 Å². The van der Waals surface area contributed by atoms with Gasteiger partial charge in [-0.05, 0) is 37.8 Å². The fraction of sp³-hybridized carbons (Fsp3) is 0.409. The number of carbonyl (C=O) groups excluding carboxylic acids is 1. The molecule has 3 aromatic heterocycles. The number of carbonyl (C=O) groups is 1. The minimum atomic E-state index is -0.813. The van der Waals surface area contributed by atoms with Gasteiger partial charge < -0.3 is 10.6 Å². The van der Waals surface area contributed by atoms with Crippen LogP contribution in [-0.4, -0.2) is 53.2 Å². The highest BCUT2D eigenvalue weighted by molar-refractivity contribution is 5.93. The molecule has 2 unspecified atom stereocenters. The summed E-state index contributed by atoms with van der Waals surface area (Å²) in [5.41, 5.74) is 7.43. The summed E-state index contributed by atoms with van der Waals surface area (Å²) >= 11 is 0. The molecule has 4 heterocycles. The smallest absolute Gasteiger partial charge is 0.274 e. The Balaban J connectivity index is 1.50. The number of hydrogen-bond donors (Lipinski definition) is 2. The number of aromatic nitrogens is 6. The summed E-state index contributed by atoms with van der Waals surface area (Å²) < 4.78 is 29.4. The van der Waals surface area contributed by atoms with Gasteiger partial charge in [0.05, 0.1) is 5.39 Å². The molecule has 2 atom stereocenters. The highest BCUT2D eigenvalue weighted by Crippen LogP contribution is 2.31. The molecule has 1 saturated heterocycles. The summed E-state index contributed by atoms with van der Waals surface area (Å²) in [4.78, 5) is 23.6. The van der Waals surface area contributed by atoms with Gasteiger partial charge in [0.1, 0.15) is 17.0 Å². The summed E-state index contributed by atoms with van der Waals surface area (Å²) in [7, 11) is 0. The number of nitrogens with two attached hydrogens (primary N) is 1. The molecule has 0 saturated carbocycles. The lowest BCUT2D eigenvalue weighted by Gasteiger charge is -2.36. The highest BCUT2D eigenvalue weighted by atomic mass is 19.1. The Morgan fingerprint density at radius 2 is 2.00 bits per heavy atom. The maximum absolute atomic E-state index is 14.2. The minimum absolute atomic E-state index is 0.0285. The minimum Gasteiger partial charge on any atom is -0.368 e. The lowest BCUT2D eigenvalue weighted by molar-refractivity contribution is 0.0600. The van der Waals surface area contributed by atoms with Gasteiger partial charge in [0.15, 0.2) is 17.3 Å². The maximum atomic E-state index is 14.2. The van der Waals surface area contributed by atoms with Crippen LogP contribution < -0.4 is 5.73 Å². The van der Waals surface area contributed by atoms with E-state index in [1.165, 1.54) is 10.6 Å². The molecule has 0 aliphatic carbocycles. The largest absolute Gasteiger partial charge is 0.368 e. The average Bonchev–Trinajstić information content (AvgIpc) is 3.43. The number of nitrogen functional groups attached to an aromatic ring is 1. The molecule has 1 amide bonds. The molecule has 33 heavy (non-hydrogen) atoms. The number of likely N-dealkylation sites (tertiary alicyclic amines) is 1. The van der Waals surface area contributed by atoms with Gasteiger partial charge in [-0.3, -0.25) is 9.89 Å². The molecule has 4 aromatic rings. The van der Waals surface area contributed by atoms with Crippen molar-refractivity contribution in [1.82, 2.24) is 34.7 Å². The number of nitrogens with zero attached hydrogens (tertiary/aromatic N) is 6. The second-order valence-electron chi connectivity index (χ2n) is 8.90. The van der Waals surface area contributed by atoms with E-state index in [0.29, 0.717) is 18.1 Å². The number of amides is 1. The molecule has 11 heteroatoms. The van der Waals surface area contributed by atoms with Crippen molar-refractivity contribution >= 4 is 28.4 Å². The van der Waals surface area contributed by atoms with Crippen molar-refractivity contribution in [1.29, 1.82) is 0 Å². The molecule has 1 aliphatic rings. The molecule has 1 aromatic carbocycles. The number of hydrogen-bond acceptors (Lipinski definition) is 6. The van der Waals surface area contributed by atoms with Crippen LogP contribution in [-0.2, 0) is 0 Å². The zero-order valence-corrected chi connectivity index (χ0v) is 18.5. The van der Waals surface area contributed by atoms with Crippen LogP contribution in [0.25, 0.3) is 16.6 Å². The van der Waals surface area contributed by atoms with Crippen molar-refractivity contribution in [2.75, 3.05) is 12.3 Å². The molecule has 0 bridgehead atoms. The molecule has 9 nitrogen and oxygen atoms in total. The van der Waals surface area contributed by atoms with Crippen LogP contribution in [0, 0.1) is 11.6 Å². The summed E-state index contributed by atoms with van der Waals surface area (Å²) in [5.74, 6) is -1.23. The van der Waals surface area contributed by atoms with E-state index in [4.69, 9.17) is 5.73 Å². The van der Waals surface area contributed by atoms with Crippen molar-refractivity contribution in [3.63, 3.8) is 0 Å². The average molecular weight is 454 g/mol. The van der Waals surface area contributed by atoms with Gasteiger partial charge in [-0.25, -0.2) is 18.7 Å². The number of benzene rings is 1. The van der Waals surface area contributed by atoms with Crippen molar-refractivity contribution in [2.24, 2.45) is 0 Å². The quantitative estimate of drug-likeness (QED) is 0.490. The molecule has 0 radical (unpaired) electrons. The third kappa shape index (κ3) is 3.57. The van der Waals surface area contributed by atoms with Crippen molar-refractivity contribution in [3.05, 3.63) is 47.0 Å². The fourth-order valence-electron chi connectivity index (χ4n) is 4.34. The van der Waals surface area contributed by atoms with Crippen LogP contribution in [0.15, 0.2) is 18.2 Å². The Morgan fingerprint density at radius 3 is 2.73 bits per heavy atom. The van der Waals surface area contributed by atoms with Crippen molar-refractivity contribution < 1.29 is 13.6 Å². The standard InChI is InChI=1S/C22H24F2N8O/c1-10(2)16-8-17(29-28-16)21(33)31-9-12(5-4-11(31)3)19-27-20-14-6-13(23)7-15(24)18(14)26-22(25)32(20)30-19/h6-8,10-12H,4-5,9H2,1-3H3,(H2,25,26)(H,28,29). The number of anilines is 1. The lowest BCUT2D eigenvalue weighted by atomic mass is 9.92. The molecular formula is C22H24F2N8O. The van der Waals surface area contributed by atoms with Gasteiger partial charge in [0.2, 0.25) is 5.95 Å². The molecule has 1 aliphatic heterocycles. The SMILES string of the molecule is CC(C)c1cc(C(=O)N2CC(c3nc4c5cc(F)cc(F)c5nc(N)n4n3)CCC2C)n[nH]1. The first-order valence-electron chi connectivity index (χ1n) is 10.9. The molecule has 1 fully saturated rings. The first kappa shape index (κ1) is 21.2. The van der Waals surface area contributed by atoms with Gasteiger partial charge >= 0.3 is 0 Å². The predicted molar refractivity (Wildman–Crippen MR) is 118 cm³/mol. The van der Waals surface area contributed by atoms with Gasteiger partial charge in [0.25, 0.3) is 5.91 Å². The normalized spacial score (nSPS) is 19.2.